The van der Waals surface area contributed by atoms with E-state index in [-0.39, 0.29) is 29.6 Å². The van der Waals surface area contributed by atoms with Crippen LogP contribution in [0, 0.1) is 0 Å². The fraction of sp³-hybridized carbons (Fsp3) is 1.00. The molecule has 0 fully saturated rings. The van der Waals surface area contributed by atoms with Gasteiger partial charge < -0.3 is 9.66 Å². The minimum Gasteiger partial charge on any atom is -0.748 e. The topological polar surface area (TPSA) is 77.4 Å². The van der Waals surface area contributed by atoms with Gasteiger partial charge in [-0.15, -0.1) is 0 Å². The van der Waals surface area contributed by atoms with E-state index >= 15 is 0 Å². The number of hydrogen-bond donors (Lipinski definition) is 1. The minimum atomic E-state index is -4.39. The van der Waals surface area contributed by atoms with Crippen LogP contribution in [0.5, 0.6) is 0 Å². The van der Waals surface area contributed by atoms with Crippen molar-refractivity contribution in [3.63, 3.8) is 0 Å². The maximum Gasteiger partial charge on any atom is 1.00 e. The first-order valence-electron chi connectivity index (χ1n) is 7.56. The SMILES string of the molecule is CCCCCCCC(C(O)CCCCC)S(=O)(=O)[O-].[Na+]. The maximum absolute atomic E-state index is 11.2. The van der Waals surface area contributed by atoms with Crippen LogP contribution in [0.3, 0.4) is 0 Å². The van der Waals surface area contributed by atoms with E-state index in [1.54, 1.807) is 0 Å². The molecule has 0 radical (unpaired) electrons. The van der Waals surface area contributed by atoms with E-state index in [0.717, 1.165) is 44.9 Å². The van der Waals surface area contributed by atoms with Crippen LogP contribution >= 0.6 is 0 Å². The summed E-state index contributed by atoms with van der Waals surface area (Å²) in [4.78, 5) is 0. The van der Waals surface area contributed by atoms with Gasteiger partial charge in [0.1, 0.15) is 10.1 Å². The van der Waals surface area contributed by atoms with Gasteiger partial charge in [-0.1, -0.05) is 65.2 Å². The molecular formula is C14H29NaO4S. The molecule has 0 spiro atoms. The van der Waals surface area contributed by atoms with E-state index < -0.39 is 21.5 Å². The molecule has 0 rings (SSSR count). The molecule has 0 aliphatic heterocycles. The molecule has 0 aromatic heterocycles. The van der Waals surface area contributed by atoms with Gasteiger partial charge in [-0.25, -0.2) is 8.42 Å². The first kappa shape index (κ1) is 23.1. The van der Waals surface area contributed by atoms with Crippen molar-refractivity contribution in [2.75, 3.05) is 0 Å². The summed E-state index contributed by atoms with van der Waals surface area (Å²) >= 11 is 0. The Balaban J connectivity index is 0. The molecule has 0 saturated carbocycles. The molecule has 0 aliphatic carbocycles. The van der Waals surface area contributed by atoms with Crippen molar-refractivity contribution in [1.82, 2.24) is 0 Å². The standard InChI is InChI=1S/C14H30O4S.Na/c1-3-5-7-8-10-12-14(19(16,17)18)13(15)11-9-6-4-2;/h13-15H,3-12H2,1-2H3,(H,16,17,18);/q;+1/p-1. The summed E-state index contributed by atoms with van der Waals surface area (Å²) in [5.74, 6) is 0. The molecule has 2 atom stereocenters. The average molecular weight is 316 g/mol. The molecule has 116 valence electrons. The van der Waals surface area contributed by atoms with Crippen LogP contribution in [0.2, 0.25) is 0 Å². The van der Waals surface area contributed by atoms with Crippen molar-refractivity contribution >= 4 is 10.1 Å². The summed E-state index contributed by atoms with van der Waals surface area (Å²) in [5, 5.41) is 8.78. The molecule has 0 saturated heterocycles. The number of unbranched alkanes of at least 4 members (excludes halogenated alkanes) is 6. The summed E-state index contributed by atoms with van der Waals surface area (Å²) in [6.07, 6.45) is 7.42. The van der Waals surface area contributed by atoms with Crippen LogP contribution in [0.25, 0.3) is 0 Å². The van der Waals surface area contributed by atoms with Gasteiger partial charge in [-0.2, -0.15) is 0 Å². The molecule has 0 bridgehead atoms. The molecule has 2 unspecified atom stereocenters. The van der Waals surface area contributed by atoms with Crippen molar-refractivity contribution in [3.05, 3.63) is 0 Å². The Kier molecular flexibility index (Phi) is 15.7. The molecule has 20 heavy (non-hydrogen) atoms. The van der Waals surface area contributed by atoms with Gasteiger partial charge in [0.15, 0.2) is 0 Å². The predicted molar refractivity (Wildman–Crippen MR) is 77.0 cm³/mol. The van der Waals surface area contributed by atoms with Crippen molar-refractivity contribution in [2.24, 2.45) is 0 Å². The van der Waals surface area contributed by atoms with Gasteiger partial charge in [-0.3, -0.25) is 0 Å². The van der Waals surface area contributed by atoms with Crippen molar-refractivity contribution in [2.45, 2.75) is 89.4 Å². The second kappa shape index (κ2) is 13.5. The number of hydrogen-bond acceptors (Lipinski definition) is 4. The molecule has 0 aliphatic rings. The maximum atomic E-state index is 11.2. The van der Waals surface area contributed by atoms with Gasteiger partial charge >= 0.3 is 29.6 Å². The van der Waals surface area contributed by atoms with Crippen LogP contribution in [0.15, 0.2) is 0 Å². The number of aliphatic hydroxyl groups is 1. The first-order valence-corrected chi connectivity index (χ1v) is 9.03. The molecule has 6 heteroatoms. The fourth-order valence-corrected chi connectivity index (χ4v) is 3.24. The molecule has 4 nitrogen and oxygen atoms in total. The van der Waals surface area contributed by atoms with Crippen LogP contribution in [-0.4, -0.2) is 29.4 Å². The molecule has 0 aromatic carbocycles. The predicted octanol–water partition coefficient (Wildman–Crippen LogP) is 0.206. The zero-order valence-electron chi connectivity index (χ0n) is 13.3. The van der Waals surface area contributed by atoms with E-state index in [9.17, 15) is 18.1 Å². The van der Waals surface area contributed by atoms with Crippen molar-refractivity contribution in [1.29, 1.82) is 0 Å². The van der Waals surface area contributed by atoms with Gasteiger partial charge in [0.2, 0.25) is 0 Å². The van der Waals surface area contributed by atoms with Crippen LogP contribution in [-0.2, 0) is 10.1 Å². The van der Waals surface area contributed by atoms with E-state index in [1.807, 2.05) is 6.92 Å². The van der Waals surface area contributed by atoms with E-state index in [0.29, 0.717) is 19.3 Å². The Morgan fingerprint density at radius 2 is 1.35 bits per heavy atom. The number of aliphatic hydroxyl groups excluding tert-OH is 1. The van der Waals surface area contributed by atoms with E-state index in [4.69, 9.17) is 0 Å². The molecule has 0 amide bonds. The summed E-state index contributed by atoms with van der Waals surface area (Å²) in [6, 6.07) is 0. The van der Waals surface area contributed by atoms with Crippen LogP contribution in [0.1, 0.15) is 78.1 Å². The van der Waals surface area contributed by atoms with Crippen LogP contribution < -0.4 is 29.6 Å². The zero-order chi connectivity index (χ0) is 14.7. The third-order valence-corrected chi connectivity index (χ3v) is 4.79. The Morgan fingerprint density at radius 3 is 1.85 bits per heavy atom. The zero-order valence-corrected chi connectivity index (χ0v) is 16.1. The Hall–Kier alpha value is 0.870. The first-order chi connectivity index (χ1) is 8.93. The summed E-state index contributed by atoms with van der Waals surface area (Å²) in [6.45, 7) is 4.16. The minimum absolute atomic E-state index is 0. The van der Waals surface area contributed by atoms with E-state index in [2.05, 4.69) is 6.92 Å². The van der Waals surface area contributed by atoms with Gasteiger partial charge in [0.05, 0.1) is 11.4 Å². The largest absolute Gasteiger partial charge is 1.00 e. The third-order valence-electron chi connectivity index (χ3n) is 3.50. The summed E-state index contributed by atoms with van der Waals surface area (Å²) in [5.41, 5.74) is 0. The normalized spacial score (nSPS) is 14.6. The second-order valence-electron chi connectivity index (χ2n) is 5.30. The van der Waals surface area contributed by atoms with Crippen molar-refractivity contribution in [3.8, 4) is 0 Å². The molecule has 1 N–H and O–H groups in total. The molecular weight excluding hydrogens is 287 g/mol. The van der Waals surface area contributed by atoms with Crippen LogP contribution in [0.4, 0.5) is 0 Å². The third kappa shape index (κ3) is 11.5. The summed E-state index contributed by atoms with van der Waals surface area (Å²) < 4.78 is 33.6. The fourth-order valence-electron chi connectivity index (χ4n) is 2.27. The quantitative estimate of drug-likeness (QED) is 0.317. The van der Waals surface area contributed by atoms with E-state index in [1.165, 1.54) is 0 Å². The smallest absolute Gasteiger partial charge is 0.748 e. The Bertz CT molecular complexity index is 306. The average Bonchev–Trinajstić information content (AvgIpc) is 2.32. The van der Waals surface area contributed by atoms with Gasteiger partial charge in [0, 0.05) is 0 Å². The number of rotatable bonds is 12. The Labute approximate surface area is 146 Å². The monoisotopic (exact) mass is 316 g/mol. The van der Waals surface area contributed by atoms with Gasteiger partial charge in [-0.05, 0) is 12.8 Å². The Morgan fingerprint density at radius 1 is 0.900 bits per heavy atom. The van der Waals surface area contributed by atoms with Crippen molar-refractivity contribution < 1.29 is 47.6 Å². The second-order valence-corrected chi connectivity index (χ2v) is 6.89. The van der Waals surface area contributed by atoms with Gasteiger partial charge in [0.25, 0.3) is 0 Å². The molecule has 0 aromatic rings. The molecule has 0 heterocycles. The summed E-state index contributed by atoms with van der Waals surface area (Å²) in [7, 11) is -4.39.